The molecule has 0 amide bonds. The van der Waals surface area contributed by atoms with E-state index in [1.54, 1.807) is 18.2 Å². The van der Waals surface area contributed by atoms with Crippen LogP contribution in [0.1, 0.15) is 15.9 Å². The normalized spacial score (nSPS) is 9.85. The number of nitrogens with one attached hydrogen (secondary N) is 1. The Balaban J connectivity index is 2.38. The number of pyridine rings is 1. The summed E-state index contributed by atoms with van der Waals surface area (Å²) in [5.74, 6) is -0.888. The molecule has 0 aliphatic carbocycles. The highest BCUT2D eigenvalue weighted by Gasteiger charge is 2.11. The molecule has 1 heterocycles. The number of halogens is 2. The summed E-state index contributed by atoms with van der Waals surface area (Å²) in [5, 5.41) is 21.1. The van der Waals surface area contributed by atoms with Gasteiger partial charge in [0, 0.05) is 6.20 Å². The first kappa shape index (κ1) is 14.1. The Morgan fingerprint density at radius 2 is 2.05 bits per heavy atom. The van der Waals surface area contributed by atoms with Crippen molar-refractivity contribution < 1.29 is 9.90 Å². The van der Waals surface area contributed by atoms with Crippen molar-refractivity contribution in [3.63, 3.8) is 0 Å². The zero-order valence-corrected chi connectivity index (χ0v) is 11.4. The van der Waals surface area contributed by atoms with Crippen molar-refractivity contribution in [1.82, 2.24) is 4.98 Å². The molecule has 0 aliphatic heterocycles. The van der Waals surface area contributed by atoms with Crippen LogP contribution in [0.3, 0.4) is 0 Å². The second-order valence-corrected chi connectivity index (χ2v) is 4.60. The Kier molecular flexibility index (Phi) is 4.08. The van der Waals surface area contributed by atoms with Crippen LogP contribution in [-0.2, 0) is 0 Å². The summed E-state index contributed by atoms with van der Waals surface area (Å²) < 4.78 is 0. The predicted molar refractivity (Wildman–Crippen MR) is 75.7 cm³/mol. The van der Waals surface area contributed by atoms with Crippen LogP contribution in [0.15, 0.2) is 30.5 Å². The van der Waals surface area contributed by atoms with E-state index in [0.29, 0.717) is 16.3 Å². The fourth-order valence-corrected chi connectivity index (χ4v) is 1.85. The number of benzene rings is 1. The van der Waals surface area contributed by atoms with Crippen LogP contribution in [0.25, 0.3) is 0 Å². The fraction of sp³-hybridized carbons (Fsp3) is 0. The van der Waals surface area contributed by atoms with Crippen molar-refractivity contribution in [1.29, 1.82) is 5.26 Å². The summed E-state index contributed by atoms with van der Waals surface area (Å²) in [6.07, 6.45) is 1.23. The number of aromatic carboxylic acids is 1. The lowest BCUT2D eigenvalue weighted by Gasteiger charge is -2.09. The summed E-state index contributed by atoms with van der Waals surface area (Å²) in [6.45, 7) is 0. The van der Waals surface area contributed by atoms with Crippen LogP contribution in [0.4, 0.5) is 11.5 Å². The lowest BCUT2D eigenvalue weighted by molar-refractivity contribution is 0.0697. The second-order valence-electron chi connectivity index (χ2n) is 3.79. The van der Waals surface area contributed by atoms with Gasteiger partial charge < -0.3 is 10.4 Å². The molecule has 7 heteroatoms. The van der Waals surface area contributed by atoms with E-state index in [0.717, 1.165) is 0 Å². The molecule has 0 radical (unpaired) electrons. The number of rotatable bonds is 3. The van der Waals surface area contributed by atoms with Crippen molar-refractivity contribution in [3.8, 4) is 6.07 Å². The number of hydrogen-bond donors (Lipinski definition) is 2. The summed E-state index contributed by atoms with van der Waals surface area (Å²) in [6, 6.07) is 7.96. The Hall–Kier alpha value is -2.29. The van der Waals surface area contributed by atoms with Gasteiger partial charge in [0.25, 0.3) is 0 Å². The monoisotopic (exact) mass is 307 g/mol. The minimum absolute atomic E-state index is 0.0416. The maximum atomic E-state index is 11.0. The summed E-state index contributed by atoms with van der Waals surface area (Å²) >= 11 is 11.7. The zero-order valence-electron chi connectivity index (χ0n) is 9.89. The van der Waals surface area contributed by atoms with E-state index in [1.807, 2.05) is 6.07 Å². The molecule has 20 heavy (non-hydrogen) atoms. The highest BCUT2D eigenvalue weighted by Crippen LogP contribution is 2.27. The first-order valence-corrected chi connectivity index (χ1v) is 6.12. The van der Waals surface area contributed by atoms with Crippen molar-refractivity contribution in [2.24, 2.45) is 0 Å². The Bertz CT molecular complexity index is 726. The molecule has 0 saturated heterocycles. The number of hydrogen-bond acceptors (Lipinski definition) is 4. The van der Waals surface area contributed by atoms with Gasteiger partial charge in [-0.2, -0.15) is 5.26 Å². The van der Waals surface area contributed by atoms with Gasteiger partial charge in [0.15, 0.2) is 0 Å². The standard InChI is InChI=1S/C13H7Cl2N3O2/c14-9-2-1-7(5-16)3-11(9)18-12-4-8(13(19)20)10(15)6-17-12/h1-4,6H,(H,17,18)(H,19,20). The van der Waals surface area contributed by atoms with Gasteiger partial charge in [-0.15, -0.1) is 0 Å². The topological polar surface area (TPSA) is 86.0 Å². The van der Waals surface area contributed by atoms with Crippen LogP contribution in [0.5, 0.6) is 0 Å². The molecule has 1 aromatic heterocycles. The first-order chi connectivity index (χ1) is 9.51. The third-order valence-corrected chi connectivity index (χ3v) is 3.07. The molecule has 0 unspecified atom stereocenters. The molecule has 0 aliphatic rings. The van der Waals surface area contributed by atoms with Gasteiger partial charge in [-0.05, 0) is 24.3 Å². The number of nitriles is 1. The highest BCUT2D eigenvalue weighted by molar-refractivity contribution is 6.34. The molecule has 0 saturated carbocycles. The third kappa shape index (κ3) is 2.99. The summed E-state index contributed by atoms with van der Waals surface area (Å²) in [7, 11) is 0. The Labute approximate surface area is 124 Å². The molecular formula is C13H7Cl2N3O2. The average Bonchev–Trinajstić information content (AvgIpc) is 2.43. The second kappa shape index (κ2) is 5.78. The number of carbonyl (C=O) groups is 1. The molecule has 0 spiro atoms. The number of aromatic nitrogens is 1. The van der Waals surface area contributed by atoms with Gasteiger partial charge >= 0.3 is 5.97 Å². The minimum Gasteiger partial charge on any atom is -0.478 e. The lowest BCUT2D eigenvalue weighted by Crippen LogP contribution is -2.01. The SMILES string of the molecule is N#Cc1ccc(Cl)c(Nc2cc(C(=O)O)c(Cl)cn2)c1. The van der Waals surface area contributed by atoms with Gasteiger partial charge in [-0.3, -0.25) is 0 Å². The van der Waals surface area contributed by atoms with Crippen molar-refractivity contribution >= 4 is 40.7 Å². The third-order valence-electron chi connectivity index (χ3n) is 2.44. The quantitative estimate of drug-likeness (QED) is 0.903. The van der Waals surface area contributed by atoms with Crippen LogP contribution in [0, 0.1) is 11.3 Å². The summed E-state index contributed by atoms with van der Waals surface area (Å²) in [4.78, 5) is 14.9. The van der Waals surface area contributed by atoms with E-state index in [9.17, 15) is 4.79 Å². The molecule has 100 valence electrons. The van der Waals surface area contributed by atoms with E-state index in [1.165, 1.54) is 12.3 Å². The van der Waals surface area contributed by atoms with Crippen LogP contribution in [-0.4, -0.2) is 16.1 Å². The van der Waals surface area contributed by atoms with Crippen LogP contribution < -0.4 is 5.32 Å². The maximum absolute atomic E-state index is 11.0. The fourth-order valence-electron chi connectivity index (χ4n) is 1.50. The first-order valence-electron chi connectivity index (χ1n) is 5.37. The molecule has 0 bridgehead atoms. The van der Waals surface area contributed by atoms with E-state index in [-0.39, 0.29) is 16.4 Å². The van der Waals surface area contributed by atoms with E-state index < -0.39 is 5.97 Å². The smallest absolute Gasteiger partial charge is 0.337 e. The van der Waals surface area contributed by atoms with Crippen LogP contribution in [0.2, 0.25) is 10.0 Å². The van der Waals surface area contributed by atoms with Gasteiger partial charge in [0.1, 0.15) is 5.82 Å². The van der Waals surface area contributed by atoms with Gasteiger partial charge in [0.2, 0.25) is 0 Å². The van der Waals surface area contributed by atoms with E-state index in [2.05, 4.69) is 10.3 Å². The zero-order chi connectivity index (χ0) is 14.7. The molecule has 0 fully saturated rings. The summed E-state index contributed by atoms with van der Waals surface area (Å²) in [5.41, 5.74) is 0.804. The van der Waals surface area contributed by atoms with Crippen LogP contribution >= 0.6 is 23.2 Å². The lowest BCUT2D eigenvalue weighted by atomic mass is 10.2. The van der Waals surface area contributed by atoms with Gasteiger partial charge in [-0.25, -0.2) is 9.78 Å². The van der Waals surface area contributed by atoms with E-state index in [4.69, 9.17) is 33.6 Å². The molecule has 1 aromatic carbocycles. The number of anilines is 2. The molecule has 5 nitrogen and oxygen atoms in total. The largest absolute Gasteiger partial charge is 0.478 e. The Morgan fingerprint density at radius 1 is 1.30 bits per heavy atom. The Morgan fingerprint density at radius 3 is 2.70 bits per heavy atom. The molecule has 0 atom stereocenters. The molecule has 2 N–H and O–H groups in total. The predicted octanol–water partition coefficient (Wildman–Crippen LogP) is 3.70. The molecule has 2 rings (SSSR count). The number of carboxylic acid groups (broad SMARTS) is 1. The van der Waals surface area contributed by atoms with Crippen molar-refractivity contribution in [2.75, 3.05) is 5.32 Å². The molecule has 2 aromatic rings. The highest BCUT2D eigenvalue weighted by atomic mass is 35.5. The maximum Gasteiger partial charge on any atom is 0.337 e. The average molecular weight is 308 g/mol. The van der Waals surface area contributed by atoms with Crippen molar-refractivity contribution in [3.05, 3.63) is 51.6 Å². The molecular weight excluding hydrogens is 301 g/mol. The number of carboxylic acids is 1. The number of nitrogens with zero attached hydrogens (tertiary/aromatic N) is 2. The van der Waals surface area contributed by atoms with Gasteiger partial charge in [-0.1, -0.05) is 23.2 Å². The van der Waals surface area contributed by atoms with E-state index >= 15 is 0 Å². The van der Waals surface area contributed by atoms with Crippen molar-refractivity contribution in [2.45, 2.75) is 0 Å². The minimum atomic E-state index is -1.16. The van der Waals surface area contributed by atoms with Gasteiger partial charge in [0.05, 0.1) is 32.9 Å².